The highest BCUT2D eigenvalue weighted by atomic mass is 16.5. The molecule has 1 N–H and O–H groups in total. The van der Waals surface area contributed by atoms with Gasteiger partial charge in [-0.1, -0.05) is 13.3 Å². The number of hydrogen-bond donors (Lipinski definition) is 1. The number of carbonyl (C=O) groups excluding carboxylic acids is 1. The van der Waals surface area contributed by atoms with Crippen LogP contribution in [0.25, 0.3) is 0 Å². The van der Waals surface area contributed by atoms with Crippen LogP contribution in [0.1, 0.15) is 31.0 Å². The summed E-state index contributed by atoms with van der Waals surface area (Å²) in [6.07, 6.45) is 2.17. The molecule has 1 aromatic heterocycles. The van der Waals surface area contributed by atoms with Gasteiger partial charge in [-0.05, 0) is 31.7 Å². The lowest BCUT2D eigenvalue weighted by Gasteiger charge is -2.19. The number of rotatable bonds is 8. The third-order valence-electron chi connectivity index (χ3n) is 4.86. The molecule has 7 heteroatoms. The number of ether oxygens (including phenoxy) is 1. The Bertz CT molecular complexity index is 644. The van der Waals surface area contributed by atoms with E-state index in [1.54, 1.807) is 7.11 Å². The molecule has 1 fully saturated rings. The second-order valence-electron chi connectivity index (χ2n) is 6.88. The highest BCUT2D eigenvalue weighted by Gasteiger charge is 2.32. The van der Waals surface area contributed by atoms with Crippen LogP contribution in [-0.4, -0.2) is 60.0 Å². The Kier molecular flexibility index (Phi) is 7.13. The number of aryl methyl sites for hydroxylation is 2. The van der Waals surface area contributed by atoms with Gasteiger partial charge < -0.3 is 10.1 Å². The number of nitrogens with zero attached hydrogens (tertiary/aromatic N) is 3. The summed E-state index contributed by atoms with van der Waals surface area (Å²) >= 11 is 0. The van der Waals surface area contributed by atoms with Gasteiger partial charge in [-0.15, -0.1) is 0 Å². The molecule has 25 heavy (non-hydrogen) atoms. The number of methoxy groups -OCH3 is 1. The van der Waals surface area contributed by atoms with E-state index in [0.29, 0.717) is 12.5 Å². The van der Waals surface area contributed by atoms with Gasteiger partial charge in [-0.25, -0.2) is 4.68 Å². The molecule has 1 aromatic rings. The standard InChI is InChI=1S/C18H30N4O3/c1-5-6-15-10-21(7-8-25-4)11-16(15)19-17(23)12-22-18(24)9-13(2)14(3)20-22/h9,15-16H,5-8,10-12H2,1-4H3,(H,19,23)/t15-,16-/m0/s1. The minimum atomic E-state index is -0.239. The van der Waals surface area contributed by atoms with Gasteiger partial charge in [0.15, 0.2) is 0 Å². The van der Waals surface area contributed by atoms with Gasteiger partial charge >= 0.3 is 0 Å². The molecule has 0 aromatic carbocycles. The van der Waals surface area contributed by atoms with Gasteiger partial charge in [0, 0.05) is 38.9 Å². The zero-order valence-electron chi connectivity index (χ0n) is 15.7. The van der Waals surface area contributed by atoms with Gasteiger partial charge in [0.05, 0.1) is 12.3 Å². The SMILES string of the molecule is CCC[C@H]1CN(CCOC)C[C@@H]1NC(=O)Cn1nc(C)c(C)cc1=O. The first-order valence-electron chi connectivity index (χ1n) is 9.00. The van der Waals surface area contributed by atoms with E-state index in [-0.39, 0.29) is 24.1 Å². The van der Waals surface area contributed by atoms with Gasteiger partial charge in [0.25, 0.3) is 5.56 Å². The molecule has 0 radical (unpaired) electrons. The average molecular weight is 350 g/mol. The van der Waals surface area contributed by atoms with Gasteiger partial charge in [-0.3, -0.25) is 14.5 Å². The maximum Gasteiger partial charge on any atom is 0.267 e. The third-order valence-corrected chi connectivity index (χ3v) is 4.86. The van der Waals surface area contributed by atoms with Crippen molar-refractivity contribution in [3.8, 4) is 0 Å². The quantitative estimate of drug-likeness (QED) is 0.748. The van der Waals surface area contributed by atoms with Crippen molar-refractivity contribution in [2.24, 2.45) is 5.92 Å². The largest absolute Gasteiger partial charge is 0.383 e. The maximum absolute atomic E-state index is 12.4. The predicted octanol–water partition coefficient (Wildman–Crippen LogP) is 0.723. The number of aromatic nitrogens is 2. The molecule has 0 spiro atoms. The van der Waals surface area contributed by atoms with Crippen molar-refractivity contribution < 1.29 is 9.53 Å². The molecule has 7 nitrogen and oxygen atoms in total. The summed E-state index contributed by atoms with van der Waals surface area (Å²) in [5, 5.41) is 7.32. The summed E-state index contributed by atoms with van der Waals surface area (Å²) in [5.74, 6) is 0.285. The summed E-state index contributed by atoms with van der Waals surface area (Å²) in [5.41, 5.74) is 1.37. The smallest absolute Gasteiger partial charge is 0.267 e. The summed E-state index contributed by atoms with van der Waals surface area (Å²) in [4.78, 5) is 26.8. The van der Waals surface area contributed by atoms with E-state index in [1.807, 2.05) is 13.8 Å². The zero-order chi connectivity index (χ0) is 18.4. The van der Waals surface area contributed by atoms with Crippen LogP contribution in [0.5, 0.6) is 0 Å². The molecule has 1 aliphatic rings. The Hall–Kier alpha value is -1.73. The lowest BCUT2D eigenvalue weighted by molar-refractivity contribution is -0.122. The molecule has 140 valence electrons. The molecule has 0 saturated carbocycles. The Labute approximate surface area is 149 Å². The van der Waals surface area contributed by atoms with Crippen molar-refractivity contribution in [3.05, 3.63) is 27.7 Å². The number of carbonyl (C=O) groups is 1. The highest BCUT2D eigenvalue weighted by Crippen LogP contribution is 2.21. The Morgan fingerprint density at radius 2 is 2.16 bits per heavy atom. The van der Waals surface area contributed by atoms with E-state index in [2.05, 4.69) is 22.2 Å². The van der Waals surface area contributed by atoms with Crippen molar-refractivity contribution >= 4 is 5.91 Å². The predicted molar refractivity (Wildman–Crippen MR) is 96.6 cm³/mol. The van der Waals surface area contributed by atoms with Crippen LogP contribution in [0.2, 0.25) is 0 Å². The molecule has 2 rings (SSSR count). The van der Waals surface area contributed by atoms with E-state index in [9.17, 15) is 9.59 Å². The number of amides is 1. The molecular formula is C18H30N4O3. The van der Waals surface area contributed by atoms with E-state index in [0.717, 1.165) is 43.7 Å². The molecule has 1 amide bonds. The van der Waals surface area contributed by atoms with Crippen LogP contribution < -0.4 is 10.9 Å². The number of likely N-dealkylation sites (tertiary alicyclic amines) is 1. The Morgan fingerprint density at radius 1 is 1.40 bits per heavy atom. The topological polar surface area (TPSA) is 76.5 Å². The van der Waals surface area contributed by atoms with E-state index in [4.69, 9.17) is 4.74 Å². The summed E-state index contributed by atoms with van der Waals surface area (Å²) in [6.45, 7) is 9.19. The van der Waals surface area contributed by atoms with Crippen LogP contribution in [0.3, 0.4) is 0 Å². The zero-order valence-corrected chi connectivity index (χ0v) is 15.7. The highest BCUT2D eigenvalue weighted by molar-refractivity contribution is 5.76. The van der Waals surface area contributed by atoms with Crippen LogP contribution in [0.15, 0.2) is 10.9 Å². The summed E-state index contributed by atoms with van der Waals surface area (Å²) in [6, 6.07) is 1.64. The monoisotopic (exact) mass is 350 g/mol. The maximum atomic E-state index is 12.4. The van der Waals surface area contributed by atoms with Crippen LogP contribution in [0.4, 0.5) is 0 Å². The molecule has 2 atom stereocenters. The van der Waals surface area contributed by atoms with E-state index in [1.165, 1.54) is 10.7 Å². The molecule has 0 bridgehead atoms. The van der Waals surface area contributed by atoms with Crippen LogP contribution in [-0.2, 0) is 16.1 Å². The lowest BCUT2D eigenvalue weighted by Crippen LogP contribution is -2.43. The van der Waals surface area contributed by atoms with Gasteiger partial charge in [0.2, 0.25) is 5.91 Å². The molecule has 2 heterocycles. The van der Waals surface area contributed by atoms with Crippen LogP contribution >= 0.6 is 0 Å². The molecular weight excluding hydrogens is 320 g/mol. The molecule has 0 unspecified atom stereocenters. The first-order chi connectivity index (χ1) is 11.9. The normalized spacial score (nSPS) is 20.8. The van der Waals surface area contributed by atoms with Crippen molar-refractivity contribution in [2.45, 2.75) is 46.2 Å². The minimum Gasteiger partial charge on any atom is -0.383 e. The third kappa shape index (κ3) is 5.37. The van der Waals surface area contributed by atoms with Gasteiger partial charge in [0.1, 0.15) is 6.54 Å². The van der Waals surface area contributed by atoms with Crippen molar-refractivity contribution in [2.75, 3.05) is 33.4 Å². The van der Waals surface area contributed by atoms with Gasteiger partial charge in [-0.2, -0.15) is 5.10 Å². The Balaban J connectivity index is 1.98. The first-order valence-corrected chi connectivity index (χ1v) is 9.00. The van der Waals surface area contributed by atoms with Crippen molar-refractivity contribution in [1.82, 2.24) is 20.0 Å². The van der Waals surface area contributed by atoms with E-state index < -0.39 is 0 Å². The fourth-order valence-corrected chi connectivity index (χ4v) is 3.37. The van der Waals surface area contributed by atoms with E-state index >= 15 is 0 Å². The lowest BCUT2D eigenvalue weighted by atomic mass is 9.98. The second-order valence-corrected chi connectivity index (χ2v) is 6.88. The summed E-state index contributed by atoms with van der Waals surface area (Å²) < 4.78 is 6.39. The summed E-state index contributed by atoms with van der Waals surface area (Å²) in [7, 11) is 1.70. The van der Waals surface area contributed by atoms with Crippen molar-refractivity contribution in [3.63, 3.8) is 0 Å². The number of hydrogen-bond acceptors (Lipinski definition) is 5. The molecule has 1 saturated heterocycles. The number of nitrogens with one attached hydrogen (secondary N) is 1. The molecule has 1 aliphatic heterocycles. The van der Waals surface area contributed by atoms with Crippen LogP contribution in [0, 0.1) is 19.8 Å². The fourth-order valence-electron chi connectivity index (χ4n) is 3.37. The minimum absolute atomic E-state index is 0.0344. The Morgan fingerprint density at radius 3 is 2.84 bits per heavy atom. The van der Waals surface area contributed by atoms with Crippen molar-refractivity contribution in [1.29, 1.82) is 0 Å². The molecule has 0 aliphatic carbocycles. The second kappa shape index (κ2) is 9.10. The first kappa shape index (κ1) is 19.6. The fraction of sp³-hybridized carbons (Fsp3) is 0.722. The average Bonchev–Trinajstić information content (AvgIpc) is 2.92.